The standard InChI is InChI=1S/C16H33NO4/c1-8-11-19-12-9-17(10-13-20-15(2,3)4)14(18)21-16(5,6)7/h8-13H2,1-7H3. The molecule has 0 atom stereocenters. The molecular formula is C16H33NO4. The molecule has 0 saturated carbocycles. The number of carbonyl (C=O) groups is 1. The van der Waals surface area contributed by atoms with E-state index in [1.807, 2.05) is 41.5 Å². The summed E-state index contributed by atoms with van der Waals surface area (Å²) in [6.45, 7) is 16.4. The van der Waals surface area contributed by atoms with Crippen LogP contribution in [0.2, 0.25) is 0 Å². The molecule has 0 saturated heterocycles. The summed E-state index contributed by atoms with van der Waals surface area (Å²) in [7, 11) is 0. The van der Waals surface area contributed by atoms with Crippen LogP contribution in [0.5, 0.6) is 0 Å². The van der Waals surface area contributed by atoms with E-state index in [0.717, 1.165) is 6.42 Å². The summed E-state index contributed by atoms with van der Waals surface area (Å²) >= 11 is 0. The van der Waals surface area contributed by atoms with Crippen LogP contribution in [0.1, 0.15) is 54.9 Å². The molecule has 0 aliphatic carbocycles. The molecule has 0 unspecified atom stereocenters. The van der Waals surface area contributed by atoms with Crippen LogP contribution in [0.4, 0.5) is 4.79 Å². The Balaban J connectivity index is 4.36. The highest BCUT2D eigenvalue weighted by Crippen LogP contribution is 2.11. The van der Waals surface area contributed by atoms with E-state index in [4.69, 9.17) is 14.2 Å². The van der Waals surface area contributed by atoms with Crippen LogP contribution in [0.3, 0.4) is 0 Å². The van der Waals surface area contributed by atoms with Gasteiger partial charge in [0, 0.05) is 19.7 Å². The summed E-state index contributed by atoms with van der Waals surface area (Å²) in [5.41, 5.74) is -0.706. The number of nitrogens with zero attached hydrogens (tertiary/aromatic N) is 1. The third kappa shape index (κ3) is 12.6. The van der Waals surface area contributed by atoms with Gasteiger partial charge in [-0.1, -0.05) is 6.92 Å². The van der Waals surface area contributed by atoms with Crippen molar-refractivity contribution in [1.82, 2.24) is 4.90 Å². The molecule has 5 heteroatoms. The van der Waals surface area contributed by atoms with Crippen molar-refractivity contribution in [3.8, 4) is 0 Å². The zero-order valence-electron chi connectivity index (χ0n) is 14.8. The topological polar surface area (TPSA) is 48.0 Å². The first kappa shape index (κ1) is 20.2. The zero-order chi connectivity index (χ0) is 16.5. The summed E-state index contributed by atoms with van der Waals surface area (Å²) in [5, 5.41) is 0. The number of carbonyl (C=O) groups excluding carboxylic acids is 1. The minimum Gasteiger partial charge on any atom is -0.444 e. The molecule has 0 aromatic heterocycles. The molecule has 21 heavy (non-hydrogen) atoms. The van der Waals surface area contributed by atoms with Crippen LogP contribution in [0, 0.1) is 0 Å². The average molecular weight is 303 g/mol. The summed E-state index contributed by atoms with van der Waals surface area (Å²) in [6.07, 6.45) is 0.652. The number of ether oxygens (including phenoxy) is 3. The van der Waals surface area contributed by atoms with E-state index in [0.29, 0.717) is 32.9 Å². The van der Waals surface area contributed by atoms with Gasteiger partial charge in [-0.25, -0.2) is 4.79 Å². The number of hydrogen-bond acceptors (Lipinski definition) is 4. The summed E-state index contributed by atoms with van der Waals surface area (Å²) in [5.74, 6) is 0. The second kappa shape index (κ2) is 9.26. The maximum atomic E-state index is 12.2. The molecule has 5 nitrogen and oxygen atoms in total. The molecule has 0 aromatic carbocycles. The Hall–Kier alpha value is -0.810. The summed E-state index contributed by atoms with van der Waals surface area (Å²) < 4.78 is 16.5. The predicted octanol–water partition coefficient (Wildman–Crippen LogP) is 3.47. The van der Waals surface area contributed by atoms with Gasteiger partial charge < -0.3 is 19.1 Å². The van der Waals surface area contributed by atoms with E-state index in [2.05, 4.69) is 6.92 Å². The SMILES string of the molecule is CCCOCCN(CCOC(C)(C)C)C(=O)OC(C)(C)C. The molecule has 0 N–H and O–H groups in total. The molecule has 0 spiro atoms. The van der Waals surface area contributed by atoms with Gasteiger partial charge in [0.25, 0.3) is 0 Å². The average Bonchev–Trinajstić information content (AvgIpc) is 2.28. The van der Waals surface area contributed by atoms with E-state index < -0.39 is 5.60 Å². The van der Waals surface area contributed by atoms with E-state index in [1.54, 1.807) is 4.90 Å². The lowest BCUT2D eigenvalue weighted by Gasteiger charge is -2.28. The van der Waals surface area contributed by atoms with Crippen molar-refractivity contribution >= 4 is 6.09 Å². The minimum atomic E-state index is -0.496. The Morgan fingerprint density at radius 1 is 0.905 bits per heavy atom. The molecule has 0 aromatic rings. The third-order valence-corrected chi connectivity index (χ3v) is 2.40. The van der Waals surface area contributed by atoms with Gasteiger partial charge in [-0.15, -0.1) is 0 Å². The molecule has 0 rings (SSSR count). The van der Waals surface area contributed by atoms with Crippen LogP contribution < -0.4 is 0 Å². The fourth-order valence-corrected chi connectivity index (χ4v) is 1.50. The highest BCUT2D eigenvalue weighted by molar-refractivity contribution is 5.68. The van der Waals surface area contributed by atoms with Gasteiger partial charge in [0.1, 0.15) is 5.60 Å². The van der Waals surface area contributed by atoms with Gasteiger partial charge in [-0.3, -0.25) is 0 Å². The number of rotatable bonds is 8. The molecule has 0 fully saturated rings. The highest BCUT2D eigenvalue weighted by atomic mass is 16.6. The minimum absolute atomic E-state index is 0.210. The Morgan fingerprint density at radius 2 is 1.48 bits per heavy atom. The third-order valence-electron chi connectivity index (χ3n) is 2.40. The van der Waals surface area contributed by atoms with Crippen molar-refractivity contribution in [2.24, 2.45) is 0 Å². The smallest absolute Gasteiger partial charge is 0.410 e. The molecular weight excluding hydrogens is 270 g/mol. The number of hydrogen-bond donors (Lipinski definition) is 0. The lowest BCUT2D eigenvalue weighted by atomic mass is 10.2. The van der Waals surface area contributed by atoms with Crippen LogP contribution in [0.15, 0.2) is 0 Å². The number of amides is 1. The monoisotopic (exact) mass is 303 g/mol. The Morgan fingerprint density at radius 3 is 1.95 bits per heavy atom. The van der Waals surface area contributed by atoms with E-state index in [9.17, 15) is 4.79 Å². The molecule has 0 bridgehead atoms. The first-order chi connectivity index (χ1) is 9.55. The van der Waals surface area contributed by atoms with Crippen LogP contribution >= 0.6 is 0 Å². The first-order valence-electron chi connectivity index (χ1n) is 7.75. The maximum Gasteiger partial charge on any atom is 0.410 e. The zero-order valence-corrected chi connectivity index (χ0v) is 14.8. The van der Waals surface area contributed by atoms with E-state index in [1.165, 1.54) is 0 Å². The second-order valence-electron chi connectivity index (χ2n) is 7.04. The maximum absolute atomic E-state index is 12.2. The highest BCUT2D eigenvalue weighted by Gasteiger charge is 2.22. The Labute approximate surface area is 129 Å². The van der Waals surface area contributed by atoms with Crippen LogP contribution in [0.25, 0.3) is 0 Å². The van der Waals surface area contributed by atoms with Gasteiger partial charge >= 0.3 is 6.09 Å². The predicted molar refractivity (Wildman–Crippen MR) is 84.6 cm³/mol. The van der Waals surface area contributed by atoms with Crippen molar-refractivity contribution in [1.29, 1.82) is 0 Å². The molecule has 126 valence electrons. The molecule has 0 aliphatic rings. The second-order valence-corrected chi connectivity index (χ2v) is 7.04. The Kier molecular flexibility index (Phi) is 8.90. The van der Waals surface area contributed by atoms with Crippen LogP contribution in [-0.4, -0.2) is 55.1 Å². The van der Waals surface area contributed by atoms with Crippen molar-refractivity contribution in [3.63, 3.8) is 0 Å². The molecule has 0 aliphatic heterocycles. The summed E-state index contributed by atoms with van der Waals surface area (Å²) in [4.78, 5) is 13.8. The molecule has 1 amide bonds. The molecule has 0 radical (unpaired) electrons. The van der Waals surface area contributed by atoms with Gasteiger partial charge in [0.15, 0.2) is 0 Å². The van der Waals surface area contributed by atoms with Gasteiger partial charge in [-0.05, 0) is 48.0 Å². The van der Waals surface area contributed by atoms with E-state index >= 15 is 0 Å². The lowest BCUT2D eigenvalue weighted by Crippen LogP contribution is -2.41. The van der Waals surface area contributed by atoms with Crippen molar-refractivity contribution in [2.75, 3.05) is 32.9 Å². The molecule has 0 heterocycles. The quantitative estimate of drug-likeness (QED) is 0.644. The van der Waals surface area contributed by atoms with Crippen molar-refractivity contribution < 1.29 is 19.0 Å². The van der Waals surface area contributed by atoms with E-state index in [-0.39, 0.29) is 11.7 Å². The van der Waals surface area contributed by atoms with Gasteiger partial charge in [0.2, 0.25) is 0 Å². The largest absolute Gasteiger partial charge is 0.444 e. The van der Waals surface area contributed by atoms with Gasteiger partial charge in [-0.2, -0.15) is 0 Å². The fraction of sp³-hybridized carbons (Fsp3) is 0.938. The Bertz CT molecular complexity index is 292. The lowest BCUT2D eigenvalue weighted by molar-refractivity contribution is -0.0245. The fourth-order valence-electron chi connectivity index (χ4n) is 1.50. The van der Waals surface area contributed by atoms with Crippen molar-refractivity contribution in [3.05, 3.63) is 0 Å². The first-order valence-corrected chi connectivity index (χ1v) is 7.75. The normalized spacial score (nSPS) is 12.3. The summed E-state index contributed by atoms with van der Waals surface area (Å²) in [6, 6.07) is 0. The van der Waals surface area contributed by atoms with Crippen molar-refractivity contribution in [2.45, 2.75) is 66.1 Å². The van der Waals surface area contributed by atoms with Gasteiger partial charge in [0.05, 0.1) is 18.8 Å². The van der Waals surface area contributed by atoms with Crippen LogP contribution in [-0.2, 0) is 14.2 Å².